The molecule has 0 bridgehead atoms. The van der Waals surface area contributed by atoms with Crippen molar-refractivity contribution in [1.29, 1.82) is 0 Å². The van der Waals surface area contributed by atoms with Crippen molar-refractivity contribution in [3.8, 4) is 0 Å². The molecule has 0 spiro atoms. The fourth-order valence-corrected chi connectivity index (χ4v) is 0.827. The Balaban J connectivity index is 2.83. The van der Waals surface area contributed by atoms with Crippen LogP contribution in [0.5, 0.6) is 0 Å². The highest BCUT2D eigenvalue weighted by molar-refractivity contribution is 5.97. The van der Waals surface area contributed by atoms with Gasteiger partial charge in [-0.2, -0.15) is 5.10 Å². The molecule has 1 N–H and O–H groups in total. The van der Waals surface area contributed by atoms with Crippen molar-refractivity contribution in [2.24, 2.45) is 5.10 Å². The first-order valence-electron chi connectivity index (χ1n) is 3.26. The van der Waals surface area contributed by atoms with E-state index in [0.29, 0.717) is 0 Å². The maximum Gasteiger partial charge on any atom is 0.161 e. The molecule has 0 radical (unpaired) electrons. The first-order valence-corrected chi connectivity index (χ1v) is 3.26. The minimum atomic E-state index is -0.552. The van der Waals surface area contributed by atoms with Crippen LogP contribution in [0, 0.1) is 0 Å². The van der Waals surface area contributed by atoms with Gasteiger partial charge in [0.25, 0.3) is 0 Å². The molecule has 0 aliphatic carbocycles. The molecule has 0 saturated heterocycles. The van der Waals surface area contributed by atoms with Crippen molar-refractivity contribution in [2.75, 3.05) is 7.05 Å². The van der Waals surface area contributed by atoms with Gasteiger partial charge >= 0.3 is 0 Å². The van der Waals surface area contributed by atoms with Crippen LogP contribution in [0.25, 0.3) is 0 Å². The van der Waals surface area contributed by atoms with Crippen LogP contribution in [0.3, 0.4) is 0 Å². The van der Waals surface area contributed by atoms with Crippen molar-refractivity contribution in [2.45, 2.75) is 20.1 Å². The number of nitrogens with zero attached hydrogens (tertiary/aromatic N) is 2. The van der Waals surface area contributed by atoms with Crippen LogP contribution < -0.4 is 0 Å². The normalized spacial score (nSPS) is 26.0. The Kier molecular flexibility index (Phi) is 1.76. The van der Waals surface area contributed by atoms with Crippen LogP contribution in [0.4, 0.5) is 0 Å². The van der Waals surface area contributed by atoms with E-state index in [1.54, 1.807) is 13.1 Å². The van der Waals surface area contributed by atoms with Crippen LogP contribution in [0.2, 0.25) is 0 Å². The molecular formula is C7H12N2O. The van der Waals surface area contributed by atoms with E-state index in [1.807, 2.05) is 13.8 Å². The second-order valence-corrected chi connectivity index (χ2v) is 2.52. The number of allylic oxidation sites excluding steroid dienone is 1. The number of hydrazone groups is 1. The lowest BCUT2D eigenvalue weighted by molar-refractivity contribution is 0.0625. The Morgan fingerprint density at radius 2 is 2.20 bits per heavy atom. The maximum absolute atomic E-state index is 9.21. The van der Waals surface area contributed by atoms with Gasteiger partial charge in [-0.1, -0.05) is 0 Å². The molecule has 10 heavy (non-hydrogen) atoms. The first kappa shape index (κ1) is 7.28. The Morgan fingerprint density at radius 3 is 2.70 bits per heavy atom. The third-order valence-electron chi connectivity index (χ3n) is 1.66. The summed E-state index contributed by atoms with van der Waals surface area (Å²) < 4.78 is 0. The lowest BCUT2D eigenvalue weighted by Crippen LogP contribution is -2.29. The highest BCUT2D eigenvalue weighted by atomic mass is 16.3. The van der Waals surface area contributed by atoms with E-state index < -0.39 is 6.23 Å². The van der Waals surface area contributed by atoms with Gasteiger partial charge in [0.2, 0.25) is 0 Å². The van der Waals surface area contributed by atoms with Gasteiger partial charge in [-0.15, -0.1) is 0 Å². The average Bonchev–Trinajstić information content (AvgIpc) is 1.84. The van der Waals surface area contributed by atoms with Gasteiger partial charge in [-0.25, -0.2) is 0 Å². The van der Waals surface area contributed by atoms with Crippen LogP contribution in [0.15, 0.2) is 16.8 Å². The molecule has 0 amide bonds. The number of hydrogen-bond acceptors (Lipinski definition) is 3. The SMILES string of the molecule is CC1=CC(O)N(C)N=C1C. The number of likely N-dealkylation sites (N-methyl/N-ethyl adjacent to an activating group) is 1. The van der Waals surface area contributed by atoms with Gasteiger partial charge in [0.05, 0.1) is 5.71 Å². The highest BCUT2D eigenvalue weighted by Crippen LogP contribution is 2.09. The smallest absolute Gasteiger partial charge is 0.161 e. The third kappa shape index (κ3) is 1.19. The van der Waals surface area contributed by atoms with Crippen LogP contribution in [-0.2, 0) is 0 Å². The lowest BCUT2D eigenvalue weighted by Gasteiger charge is -2.23. The summed E-state index contributed by atoms with van der Waals surface area (Å²) in [4.78, 5) is 0. The minimum absolute atomic E-state index is 0.552. The van der Waals surface area contributed by atoms with Gasteiger partial charge in [0.15, 0.2) is 6.23 Å². The van der Waals surface area contributed by atoms with Crippen molar-refractivity contribution in [3.05, 3.63) is 11.6 Å². The summed E-state index contributed by atoms with van der Waals surface area (Å²) >= 11 is 0. The fourth-order valence-electron chi connectivity index (χ4n) is 0.827. The second kappa shape index (κ2) is 2.42. The van der Waals surface area contributed by atoms with Crippen LogP contribution in [0.1, 0.15) is 13.8 Å². The van der Waals surface area contributed by atoms with Crippen molar-refractivity contribution in [1.82, 2.24) is 5.01 Å². The maximum atomic E-state index is 9.21. The molecule has 56 valence electrons. The number of aliphatic hydroxyl groups excluding tert-OH is 1. The largest absolute Gasteiger partial charge is 0.369 e. The van der Waals surface area contributed by atoms with Crippen LogP contribution in [-0.4, -0.2) is 29.1 Å². The minimum Gasteiger partial charge on any atom is -0.369 e. The van der Waals surface area contributed by atoms with Crippen LogP contribution >= 0.6 is 0 Å². The Hall–Kier alpha value is -0.830. The lowest BCUT2D eigenvalue weighted by atomic mass is 10.1. The second-order valence-electron chi connectivity index (χ2n) is 2.52. The Morgan fingerprint density at radius 1 is 1.60 bits per heavy atom. The molecule has 1 aliphatic heterocycles. The molecule has 1 heterocycles. The standard InChI is InChI=1S/C7H12N2O/c1-5-4-7(10)9(3)8-6(5)2/h4,7,10H,1-3H3. The summed E-state index contributed by atoms with van der Waals surface area (Å²) in [5.41, 5.74) is 2.01. The molecule has 1 atom stereocenters. The van der Waals surface area contributed by atoms with E-state index in [9.17, 15) is 5.11 Å². The quantitative estimate of drug-likeness (QED) is 0.534. The molecule has 0 saturated carbocycles. The van der Waals surface area contributed by atoms with Crippen molar-refractivity contribution in [3.63, 3.8) is 0 Å². The molecule has 0 fully saturated rings. The zero-order chi connectivity index (χ0) is 7.72. The molecule has 1 unspecified atom stereocenters. The number of rotatable bonds is 0. The summed E-state index contributed by atoms with van der Waals surface area (Å²) in [6, 6.07) is 0. The molecule has 3 heteroatoms. The van der Waals surface area contributed by atoms with Gasteiger partial charge in [0, 0.05) is 7.05 Å². The summed E-state index contributed by atoms with van der Waals surface area (Å²) in [5, 5.41) is 14.8. The summed E-state index contributed by atoms with van der Waals surface area (Å²) in [6.07, 6.45) is 1.23. The molecular weight excluding hydrogens is 128 g/mol. The summed E-state index contributed by atoms with van der Waals surface area (Å²) in [6.45, 7) is 3.86. The van der Waals surface area contributed by atoms with E-state index in [-0.39, 0.29) is 0 Å². The van der Waals surface area contributed by atoms with Gasteiger partial charge in [-0.3, -0.25) is 5.01 Å². The van der Waals surface area contributed by atoms with E-state index in [1.165, 1.54) is 5.01 Å². The zero-order valence-corrected chi connectivity index (χ0v) is 6.50. The Labute approximate surface area is 60.7 Å². The van der Waals surface area contributed by atoms with Gasteiger partial charge < -0.3 is 5.11 Å². The molecule has 1 aliphatic rings. The number of aliphatic hydroxyl groups is 1. The number of hydrogen-bond donors (Lipinski definition) is 1. The first-order chi connectivity index (χ1) is 4.61. The topological polar surface area (TPSA) is 35.8 Å². The third-order valence-corrected chi connectivity index (χ3v) is 1.66. The summed E-state index contributed by atoms with van der Waals surface area (Å²) in [7, 11) is 1.75. The molecule has 0 aromatic heterocycles. The average molecular weight is 140 g/mol. The fraction of sp³-hybridized carbons (Fsp3) is 0.571. The molecule has 1 rings (SSSR count). The summed E-state index contributed by atoms with van der Waals surface area (Å²) in [5.74, 6) is 0. The van der Waals surface area contributed by atoms with Gasteiger partial charge in [-0.05, 0) is 25.5 Å². The molecule has 0 aromatic rings. The molecule has 3 nitrogen and oxygen atoms in total. The predicted molar refractivity (Wildman–Crippen MR) is 40.6 cm³/mol. The molecule has 0 aromatic carbocycles. The van der Waals surface area contributed by atoms with Crippen molar-refractivity contribution < 1.29 is 5.11 Å². The van der Waals surface area contributed by atoms with E-state index in [0.717, 1.165) is 11.3 Å². The van der Waals surface area contributed by atoms with E-state index in [2.05, 4.69) is 5.10 Å². The monoisotopic (exact) mass is 140 g/mol. The predicted octanol–water partition coefficient (Wildman–Crippen LogP) is 0.572. The highest BCUT2D eigenvalue weighted by Gasteiger charge is 2.12. The van der Waals surface area contributed by atoms with E-state index >= 15 is 0 Å². The zero-order valence-electron chi connectivity index (χ0n) is 6.50. The van der Waals surface area contributed by atoms with Crippen molar-refractivity contribution >= 4 is 5.71 Å². The van der Waals surface area contributed by atoms with E-state index in [4.69, 9.17) is 0 Å². The van der Waals surface area contributed by atoms with Gasteiger partial charge in [0.1, 0.15) is 0 Å². The Bertz CT molecular complexity index is 174.